The number of carboxylic acids is 1. The van der Waals surface area contributed by atoms with Crippen molar-refractivity contribution in [2.75, 3.05) is 13.2 Å². The lowest BCUT2D eigenvalue weighted by atomic mass is 9.90. The fourth-order valence-corrected chi connectivity index (χ4v) is 2.40. The van der Waals surface area contributed by atoms with Gasteiger partial charge in [-0.15, -0.1) is 6.58 Å². The molecule has 1 aromatic rings. The highest BCUT2D eigenvalue weighted by molar-refractivity contribution is 6.06. The first-order valence-corrected chi connectivity index (χ1v) is 7.71. The summed E-state index contributed by atoms with van der Waals surface area (Å²) in [4.78, 5) is 28.8. The van der Waals surface area contributed by atoms with Gasteiger partial charge in [0.25, 0.3) is 5.91 Å². The summed E-state index contributed by atoms with van der Waals surface area (Å²) in [5, 5.41) is 15.7. The summed E-state index contributed by atoms with van der Waals surface area (Å²) in [5.41, 5.74) is -0.317. The Morgan fingerprint density at radius 3 is 2.64 bits per heavy atom. The average molecular weight is 344 g/mol. The number of carbonyl (C=O) groups excluding carboxylic acids is 1. The van der Waals surface area contributed by atoms with Gasteiger partial charge in [0.05, 0.1) is 12.1 Å². The number of carboxylic acid groups (broad SMARTS) is 1. The van der Waals surface area contributed by atoms with Crippen molar-refractivity contribution in [3.8, 4) is 5.75 Å². The van der Waals surface area contributed by atoms with Crippen LogP contribution >= 0.6 is 0 Å². The van der Waals surface area contributed by atoms with E-state index in [1.54, 1.807) is 30.3 Å². The molecule has 0 saturated heterocycles. The molecule has 1 heterocycles. The van der Waals surface area contributed by atoms with Gasteiger partial charge in [0.2, 0.25) is 5.60 Å². The van der Waals surface area contributed by atoms with Crippen molar-refractivity contribution in [2.24, 2.45) is 5.16 Å². The van der Waals surface area contributed by atoms with Crippen LogP contribution in [0.4, 0.5) is 0 Å². The number of hydrogen-bond acceptors (Lipinski definition) is 5. The molecule has 2 N–H and O–H groups in total. The van der Waals surface area contributed by atoms with Gasteiger partial charge in [-0.2, -0.15) is 0 Å². The monoisotopic (exact) mass is 344 g/mol. The molecule has 132 valence electrons. The second kappa shape index (κ2) is 8.14. The fourth-order valence-electron chi connectivity index (χ4n) is 2.40. The SMILES string of the molecule is C=CCNC(=O)C1(CC(=O)O)CC(c2ccc(OCC=C)cc2)=NO1. The van der Waals surface area contributed by atoms with E-state index in [0.717, 1.165) is 5.56 Å². The molecular formula is C18H20N2O5. The molecule has 1 aliphatic rings. The Bertz CT molecular complexity index is 696. The Kier molecular flexibility index (Phi) is 5.94. The molecule has 25 heavy (non-hydrogen) atoms. The molecule has 0 aliphatic carbocycles. The number of oxime groups is 1. The van der Waals surface area contributed by atoms with E-state index in [9.17, 15) is 9.59 Å². The molecule has 0 bridgehead atoms. The van der Waals surface area contributed by atoms with Gasteiger partial charge in [-0.1, -0.05) is 23.9 Å². The van der Waals surface area contributed by atoms with E-state index in [4.69, 9.17) is 14.7 Å². The molecular weight excluding hydrogens is 324 g/mol. The topological polar surface area (TPSA) is 97.2 Å². The summed E-state index contributed by atoms with van der Waals surface area (Å²) < 4.78 is 5.41. The van der Waals surface area contributed by atoms with Crippen molar-refractivity contribution in [1.29, 1.82) is 0 Å². The van der Waals surface area contributed by atoms with Crippen LogP contribution in [0.2, 0.25) is 0 Å². The summed E-state index contributed by atoms with van der Waals surface area (Å²) in [6.45, 7) is 7.71. The van der Waals surface area contributed by atoms with E-state index < -0.39 is 23.9 Å². The van der Waals surface area contributed by atoms with Gasteiger partial charge in [0.1, 0.15) is 12.4 Å². The van der Waals surface area contributed by atoms with Gasteiger partial charge in [-0.05, 0) is 29.8 Å². The quantitative estimate of drug-likeness (QED) is 0.667. The summed E-state index contributed by atoms with van der Waals surface area (Å²) >= 11 is 0. The van der Waals surface area contributed by atoms with Crippen LogP contribution in [0.5, 0.6) is 5.75 Å². The summed E-state index contributed by atoms with van der Waals surface area (Å²) in [5.74, 6) is -0.999. The number of nitrogens with one attached hydrogen (secondary N) is 1. The van der Waals surface area contributed by atoms with Crippen molar-refractivity contribution in [2.45, 2.75) is 18.4 Å². The Balaban J connectivity index is 2.14. The normalized spacial score (nSPS) is 18.6. The molecule has 1 aromatic carbocycles. The lowest BCUT2D eigenvalue weighted by molar-refractivity contribution is -0.155. The van der Waals surface area contributed by atoms with Crippen LogP contribution in [0.15, 0.2) is 54.7 Å². The maximum absolute atomic E-state index is 12.4. The Labute approximate surface area is 145 Å². The first-order chi connectivity index (χ1) is 12.0. The third-order valence-corrected chi connectivity index (χ3v) is 3.60. The number of amides is 1. The van der Waals surface area contributed by atoms with E-state index >= 15 is 0 Å². The molecule has 1 unspecified atom stereocenters. The van der Waals surface area contributed by atoms with Gasteiger partial charge in [-0.3, -0.25) is 9.59 Å². The van der Waals surface area contributed by atoms with Crippen LogP contribution in [-0.4, -0.2) is 41.4 Å². The molecule has 7 heteroatoms. The van der Waals surface area contributed by atoms with E-state index in [1.165, 1.54) is 6.08 Å². The number of carbonyl (C=O) groups is 2. The van der Waals surface area contributed by atoms with Crippen molar-refractivity contribution in [3.05, 3.63) is 55.1 Å². The van der Waals surface area contributed by atoms with Crippen molar-refractivity contribution < 1.29 is 24.3 Å². The van der Waals surface area contributed by atoms with E-state index in [0.29, 0.717) is 18.1 Å². The zero-order chi connectivity index (χ0) is 18.3. The molecule has 0 radical (unpaired) electrons. The molecule has 1 aliphatic heterocycles. The zero-order valence-electron chi connectivity index (χ0n) is 13.7. The zero-order valence-corrected chi connectivity index (χ0v) is 13.7. The predicted octanol–water partition coefficient (Wildman–Crippen LogP) is 1.89. The van der Waals surface area contributed by atoms with Crippen LogP contribution in [-0.2, 0) is 14.4 Å². The number of nitrogens with zero attached hydrogens (tertiary/aromatic N) is 1. The maximum atomic E-state index is 12.4. The maximum Gasteiger partial charge on any atom is 0.308 e. The molecule has 2 rings (SSSR count). The van der Waals surface area contributed by atoms with Crippen LogP contribution in [0.3, 0.4) is 0 Å². The highest BCUT2D eigenvalue weighted by Crippen LogP contribution is 2.31. The predicted molar refractivity (Wildman–Crippen MR) is 92.6 cm³/mol. The minimum Gasteiger partial charge on any atom is -0.490 e. The van der Waals surface area contributed by atoms with Gasteiger partial charge < -0.3 is 20.0 Å². The van der Waals surface area contributed by atoms with Gasteiger partial charge in [-0.25, -0.2) is 0 Å². The highest BCUT2D eigenvalue weighted by atomic mass is 16.7. The summed E-state index contributed by atoms with van der Waals surface area (Å²) in [7, 11) is 0. The summed E-state index contributed by atoms with van der Waals surface area (Å²) in [6.07, 6.45) is 2.73. The van der Waals surface area contributed by atoms with Crippen molar-refractivity contribution in [1.82, 2.24) is 5.32 Å². The van der Waals surface area contributed by atoms with Crippen LogP contribution in [0, 0.1) is 0 Å². The number of aliphatic carboxylic acids is 1. The van der Waals surface area contributed by atoms with Crippen LogP contribution < -0.4 is 10.1 Å². The second-order valence-corrected chi connectivity index (χ2v) is 5.49. The lowest BCUT2D eigenvalue weighted by Crippen LogP contribution is -2.48. The minimum atomic E-state index is -1.55. The third-order valence-electron chi connectivity index (χ3n) is 3.60. The van der Waals surface area contributed by atoms with Crippen LogP contribution in [0.25, 0.3) is 0 Å². The van der Waals surface area contributed by atoms with Crippen molar-refractivity contribution in [3.63, 3.8) is 0 Å². The highest BCUT2D eigenvalue weighted by Gasteiger charge is 2.48. The molecule has 0 spiro atoms. The largest absolute Gasteiger partial charge is 0.490 e. The van der Waals surface area contributed by atoms with Gasteiger partial charge >= 0.3 is 5.97 Å². The van der Waals surface area contributed by atoms with Gasteiger partial charge in [0.15, 0.2) is 0 Å². The standard InChI is InChI=1S/C18H20N2O5/c1-3-9-19-17(23)18(12-16(21)22)11-15(20-25-18)13-5-7-14(8-6-13)24-10-4-2/h3-8H,1-2,9-12H2,(H,19,23)(H,21,22). The molecule has 0 saturated carbocycles. The fraction of sp³-hybridized carbons (Fsp3) is 0.278. The van der Waals surface area contributed by atoms with Gasteiger partial charge in [0, 0.05) is 13.0 Å². The Morgan fingerprint density at radius 2 is 2.04 bits per heavy atom. The van der Waals surface area contributed by atoms with E-state index in [2.05, 4.69) is 23.6 Å². The van der Waals surface area contributed by atoms with E-state index in [1.807, 2.05) is 0 Å². The van der Waals surface area contributed by atoms with Crippen LogP contribution in [0.1, 0.15) is 18.4 Å². The molecule has 1 amide bonds. The first-order valence-electron chi connectivity index (χ1n) is 7.71. The van der Waals surface area contributed by atoms with E-state index in [-0.39, 0.29) is 13.0 Å². The number of ether oxygens (including phenoxy) is 1. The molecule has 1 atom stereocenters. The number of rotatable bonds is 9. The molecule has 7 nitrogen and oxygen atoms in total. The second-order valence-electron chi connectivity index (χ2n) is 5.49. The number of hydrogen-bond donors (Lipinski definition) is 2. The average Bonchev–Trinajstić information content (AvgIpc) is 3.03. The Morgan fingerprint density at radius 1 is 1.32 bits per heavy atom. The minimum absolute atomic E-state index is 0.0646. The summed E-state index contributed by atoms with van der Waals surface area (Å²) in [6, 6.07) is 7.07. The molecule has 0 fully saturated rings. The smallest absolute Gasteiger partial charge is 0.308 e. The Hall–Kier alpha value is -3.09. The first kappa shape index (κ1) is 18.3. The van der Waals surface area contributed by atoms with Crippen molar-refractivity contribution >= 4 is 17.6 Å². The lowest BCUT2D eigenvalue weighted by Gasteiger charge is -2.23. The number of benzene rings is 1. The molecule has 0 aromatic heterocycles. The third kappa shape index (κ3) is 4.47.